The average Bonchev–Trinajstić information content (AvgIpc) is 2.90. The van der Waals surface area contributed by atoms with Crippen LogP contribution >= 0.6 is 0 Å². The summed E-state index contributed by atoms with van der Waals surface area (Å²) in [5, 5.41) is 12.4. The summed E-state index contributed by atoms with van der Waals surface area (Å²) in [6, 6.07) is 7.18. The van der Waals surface area contributed by atoms with Crippen LogP contribution in [-0.2, 0) is 0 Å². The molecular weight excluding hydrogens is 275 g/mol. The zero-order valence-electron chi connectivity index (χ0n) is 11.6. The number of aromatic nitrogens is 1. The second-order valence-electron chi connectivity index (χ2n) is 4.65. The molecule has 5 nitrogen and oxygen atoms in total. The van der Waals surface area contributed by atoms with Crippen LogP contribution in [0.4, 0.5) is 4.39 Å². The molecule has 0 bridgehead atoms. The molecule has 6 heteroatoms. The number of carbonyl (C=O) groups excluding carboxylic acids is 1. The fraction of sp³-hybridized carbons (Fsp3) is 0.267. The first-order chi connectivity index (χ1) is 10.1. The number of aliphatic hydroxyl groups excluding tert-OH is 1. The third-order valence-corrected chi connectivity index (χ3v) is 2.95. The lowest BCUT2D eigenvalue weighted by molar-refractivity contribution is 0.0843. The molecule has 21 heavy (non-hydrogen) atoms. The van der Waals surface area contributed by atoms with E-state index in [-0.39, 0.29) is 24.9 Å². The van der Waals surface area contributed by atoms with E-state index in [0.717, 1.165) is 5.69 Å². The highest BCUT2D eigenvalue weighted by Gasteiger charge is 2.12. The van der Waals surface area contributed by atoms with Gasteiger partial charge < -0.3 is 20.1 Å². The van der Waals surface area contributed by atoms with Crippen molar-refractivity contribution in [3.8, 4) is 5.75 Å². The van der Waals surface area contributed by atoms with Crippen LogP contribution in [0.3, 0.4) is 0 Å². The van der Waals surface area contributed by atoms with Gasteiger partial charge in [0.25, 0.3) is 5.91 Å². The van der Waals surface area contributed by atoms with Crippen molar-refractivity contribution in [2.24, 2.45) is 0 Å². The molecule has 0 saturated carbocycles. The Kier molecular flexibility index (Phi) is 4.94. The molecular formula is C15H17FN2O3. The molecule has 0 fully saturated rings. The number of amides is 1. The number of H-pyrrole nitrogens is 1. The zero-order valence-corrected chi connectivity index (χ0v) is 11.6. The van der Waals surface area contributed by atoms with Crippen LogP contribution in [0.5, 0.6) is 5.75 Å². The van der Waals surface area contributed by atoms with Gasteiger partial charge in [0.2, 0.25) is 0 Å². The highest BCUT2D eigenvalue weighted by Crippen LogP contribution is 2.11. The lowest BCUT2D eigenvalue weighted by atomic mass is 10.2. The van der Waals surface area contributed by atoms with Gasteiger partial charge in [0.1, 0.15) is 24.3 Å². The Labute approximate surface area is 121 Å². The van der Waals surface area contributed by atoms with E-state index in [1.54, 1.807) is 19.2 Å². The fourth-order valence-electron chi connectivity index (χ4n) is 1.79. The second kappa shape index (κ2) is 6.90. The van der Waals surface area contributed by atoms with Crippen molar-refractivity contribution in [2.75, 3.05) is 13.2 Å². The first-order valence-electron chi connectivity index (χ1n) is 6.55. The number of benzene rings is 1. The Balaban J connectivity index is 1.75. The molecule has 1 heterocycles. The van der Waals surface area contributed by atoms with Gasteiger partial charge in [-0.05, 0) is 37.3 Å². The average molecular weight is 292 g/mol. The Morgan fingerprint density at radius 3 is 2.71 bits per heavy atom. The highest BCUT2D eigenvalue weighted by molar-refractivity contribution is 5.95. The molecule has 0 saturated heterocycles. The summed E-state index contributed by atoms with van der Waals surface area (Å²) < 4.78 is 18.0. The number of hydrogen-bond acceptors (Lipinski definition) is 3. The van der Waals surface area contributed by atoms with Gasteiger partial charge >= 0.3 is 0 Å². The molecule has 0 aliphatic rings. The van der Waals surface area contributed by atoms with E-state index in [0.29, 0.717) is 11.3 Å². The molecule has 0 radical (unpaired) electrons. The van der Waals surface area contributed by atoms with Gasteiger partial charge in [0.05, 0.1) is 5.56 Å². The number of carbonyl (C=O) groups is 1. The number of ether oxygens (including phenoxy) is 1. The minimum atomic E-state index is -0.849. The predicted octanol–water partition coefficient (Wildman–Crippen LogP) is 1.63. The molecule has 3 N–H and O–H groups in total. The van der Waals surface area contributed by atoms with Crippen LogP contribution in [0.1, 0.15) is 16.1 Å². The lowest BCUT2D eigenvalue weighted by Crippen LogP contribution is -2.35. The number of nitrogens with one attached hydrogen (secondary N) is 2. The molecule has 1 aromatic carbocycles. The van der Waals surface area contributed by atoms with Crippen LogP contribution < -0.4 is 10.1 Å². The smallest absolute Gasteiger partial charge is 0.253 e. The predicted molar refractivity (Wildman–Crippen MR) is 75.8 cm³/mol. The summed E-state index contributed by atoms with van der Waals surface area (Å²) in [4.78, 5) is 14.7. The molecule has 112 valence electrons. The van der Waals surface area contributed by atoms with Gasteiger partial charge in [-0.1, -0.05) is 0 Å². The largest absolute Gasteiger partial charge is 0.491 e. The first kappa shape index (κ1) is 15.1. The van der Waals surface area contributed by atoms with Crippen molar-refractivity contribution in [3.63, 3.8) is 0 Å². The van der Waals surface area contributed by atoms with Crippen LogP contribution in [0.15, 0.2) is 36.5 Å². The van der Waals surface area contributed by atoms with Gasteiger partial charge in [0.15, 0.2) is 0 Å². The number of aryl methyl sites for hydroxylation is 1. The Bertz CT molecular complexity index is 595. The SMILES string of the molecule is Cc1[nH]ccc1C(=O)NCC(O)COc1ccc(F)cc1. The maximum absolute atomic E-state index is 12.7. The van der Waals surface area contributed by atoms with Crippen molar-refractivity contribution in [2.45, 2.75) is 13.0 Å². The molecule has 0 aliphatic carbocycles. The molecule has 0 aliphatic heterocycles. The zero-order chi connectivity index (χ0) is 15.2. The third kappa shape index (κ3) is 4.32. The number of aromatic amines is 1. The maximum Gasteiger partial charge on any atom is 0.253 e. The molecule has 1 amide bonds. The van der Waals surface area contributed by atoms with Crippen molar-refractivity contribution in [3.05, 3.63) is 53.6 Å². The standard InChI is InChI=1S/C15H17FN2O3/c1-10-14(6-7-17-10)15(20)18-8-12(19)9-21-13-4-2-11(16)3-5-13/h2-7,12,17,19H,8-9H2,1H3,(H,18,20). The third-order valence-electron chi connectivity index (χ3n) is 2.95. The van der Waals surface area contributed by atoms with Crippen LogP contribution in [0, 0.1) is 12.7 Å². The fourth-order valence-corrected chi connectivity index (χ4v) is 1.79. The van der Waals surface area contributed by atoms with E-state index >= 15 is 0 Å². The lowest BCUT2D eigenvalue weighted by Gasteiger charge is -2.13. The maximum atomic E-state index is 12.7. The molecule has 1 unspecified atom stereocenters. The minimum Gasteiger partial charge on any atom is -0.491 e. The van der Waals surface area contributed by atoms with Crippen molar-refractivity contribution in [1.82, 2.24) is 10.3 Å². The van der Waals surface area contributed by atoms with E-state index < -0.39 is 6.10 Å². The summed E-state index contributed by atoms with van der Waals surface area (Å²) in [5.74, 6) is -0.144. The Morgan fingerprint density at radius 2 is 2.10 bits per heavy atom. The molecule has 1 aromatic heterocycles. The van der Waals surface area contributed by atoms with E-state index in [1.807, 2.05) is 0 Å². The summed E-state index contributed by atoms with van der Waals surface area (Å²) in [5.41, 5.74) is 1.31. The van der Waals surface area contributed by atoms with Gasteiger partial charge in [-0.2, -0.15) is 0 Å². The quantitative estimate of drug-likeness (QED) is 0.757. The first-order valence-corrected chi connectivity index (χ1v) is 6.55. The van der Waals surface area contributed by atoms with Crippen molar-refractivity contribution >= 4 is 5.91 Å². The van der Waals surface area contributed by atoms with E-state index in [9.17, 15) is 14.3 Å². The topological polar surface area (TPSA) is 74.4 Å². The molecule has 1 atom stereocenters. The molecule has 0 spiro atoms. The second-order valence-corrected chi connectivity index (χ2v) is 4.65. The number of hydrogen-bond donors (Lipinski definition) is 3. The highest BCUT2D eigenvalue weighted by atomic mass is 19.1. The monoisotopic (exact) mass is 292 g/mol. The summed E-state index contributed by atoms with van der Waals surface area (Å²) in [6.45, 7) is 1.88. The van der Waals surface area contributed by atoms with Crippen molar-refractivity contribution in [1.29, 1.82) is 0 Å². The minimum absolute atomic E-state index is 0.0119. The molecule has 2 rings (SSSR count). The summed E-state index contributed by atoms with van der Waals surface area (Å²) in [6.07, 6.45) is 0.830. The van der Waals surface area contributed by atoms with Crippen molar-refractivity contribution < 1.29 is 19.0 Å². The van der Waals surface area contributed by atoms with E-state index in [2.05, 4.69) is 10.3 Å². The number of aliphatic hydroxyl groups is 1. The van der Waals surface area contributed by atoms with Crippen LogP contribution in [0.25, 0.3) is 0 Å². The van der Waals surface area contributed by atoms with E-state index in [4.69, 9.17) is 4.74 Å². The van der Waals surface area contributed by atoms with E-state index in [1.165, 1.54) is 24.3 Å². The Hall–Kier alpha value is -2.34. The van der Waals surface area contributed by atoms with Gasteiger partial charge in [-0.25, -0.2) is 4.39 Å². The van der Waals surface area contributed by atoms with Crippen LogP contribution in [0.2, 0.25) is 0 Å². The van der Waals surface area contributed by atoms with Gasteiger partial charge in [0, 0.05) is 18.4 Å². The summed E-state index contributed by atoms with van der Waals surface area (Å²) in [7, 11) is 0. The van der Waals surface area contributed by atoms with Gasteiger partial charge in [-0.3, -0.25) is 4.79 Å². The molecule has 2 aromatic rings. The summed E-state index contributed by atoms with van der Waals surface area (Å²) >= 11 is 0. The number of rotatable bonds is 6. The van der Waals surface area contributed by atoms with Crippen LogP contribution in [-0.4, -0.2) is 35.3 Å². The Morgan fingerprint density at radius 1 is 1.38 bits per heavy atom. The normalized spacial score (nSPS) is 12.0. The van der Waals surface area contributed by atoms with Gasteiger partial charge in [-0.15, -0.1) is 0 Å². The number of halogens is 1.